The molecule has 0 unspecified atom stereocenters. The van der Waals surface area contributed by atoms with Gasteiger partial charge in [0.15, 0.2) is 17.6 Å². The normalized spacial score (nSPS) is 11.6. The van der Waals surface area contributed by atoms with Crippen molar-refractivity contribution in [3.8, 4) is 11.5 Å². The van der Waals surface area contributed by atoms with Gasteiger partial charge in [-0.25, -0.2) is 9.18 Å². The van der Waals surface area contributed by atoms with E-state index < -0.39 is 23.7 Å². The summed E-state index contributed by atoms with van der Waals surface area (Å²) < 4.78 is 28.3. The Morgan fingerprint density at radius 2 is 1.68 bits per heavy atom. The molecule has 7 heteroatoms. The topological polar surface area (TPSA) is 61.8 Å². The summed E-state index contributed by atoms with van der Waals surface area (Å²) in [6.45, 7) is 1.44. The van der Waals surface area contributed by atoms with E-state index in [2.05, 4.69) is 0 Å². The lowest BCUT2D eigenvalue weighted by molar-refractivity contribution is 0.0318. The number of hydrogen-bond donors (Lipinski definition) is 0. The fourth-order valence-corrected chi connectivity index (χ4v) is 2.45. The van der Waals surface area contributed by atoms with Crippen LogP contribution >= 0.6 is 11.6 Å². The Hall–Kier alpha value is -2.60. The fourth-order valence-electron chi connectivity index (χ4n) is 2.17. The van der Waals surface area contributed by atoms with Gasteiger partial charge in [-0.3, -0.25) is 4.79 Å². The van der Waals surface area contributed by atoms with E-state index in [0.717, 1.165) is 12.1 Å². The molecule has 0 N–H and O–H groups in total. The highest BCUT2D eigenvalue weighted by atomic mass is 35.5. The van der Waals surface area contributed by atoms with Gasteiger partial charge in [0.05, 0.1) is 24.8 Å². The number of benzene rings is 2. The molecule has 0 radical (unpaired) electrons. The van der Waals surface area contributed by atoms with Crippen LogP contribution in [0.1, 0.15) is 27.6 Å². The van der Waals surface area contributed by atoms with Crippen molar-refractivity contribution in [3.63, 3.8) is 0 Å². The van der Waals surface area contributed by atoms with Gasteiger partial charge in [-0.2, -0.15) is 0 Å². The van der Waals surface area contributed by atoms with Crippen LogP contribution in [0.5, 0.6) is 11.5 Å². The molecule has 0 aliphatic rings. The quantitative estimate of drug-likeness (QED) is 0.572. The van der Waals surface area contributed by atoms with Crippen molar-refractivity contribution in [3.05, 3.63) is 58.4 Å². The first-order chi connectivity index (χ1) is 11.9. The SMILES string of the molecule is COc1cc(C(=O)O[C@@H](C)C(=O)c2ccc(F)cc2)cc(Cl)c1OC. The Labute approximate surface area is 149 Å². The molecule has 0 aromatic heterocycles. The predicted octanol–water partition coefficient (Wildman–Crippen LogP) is 3.92. The maximum atomic E-state index is 12.9. The Kier molecular flexibility index (Phi) is 5.98. The number of rotatable bonds is 6. The minimum Gasteiger partial charge on any atom is -0.493 e. The van der Waals surface area contributed by atoms with Gasteiger partial charge in [0.25, 0.3) is 0 Å². The van der Waals surface area contributed by atoms with Crippen LogP contribution in [-0.4, -0.2) is 32.1 Å². The zero-order chi connectivity index (χ0) is 18.6. The zero-order valence-corrected chi connectivity index (χ0v) is 14.6. The predicted molar refractivity (Wildman–Crippen MR) is 90.2 cm³/mol. The number of ether oxygens (including phenoxy) is 3. The van der Waals surface area contributed by atoms with Crippen LogP contribution in [0.2, 0.25) is 5.02 Å². The number of ketones is 1. The van der Waals surface area contributed by atoms with Gasteiger partial charge in [0, 0.05) is 5.56 Å². The van der Waals surface area contributed by atoms with Crippen LogP contribution in [0, 0.1) is 5.82 Å². The van der Waals surface area contributed by atoms with E-state index in [9.17, 15) is 14.0 Å². The van der Waals surface area contributed by atoms with E-state index in [1.807, 2.05) is 0 Å². The lowest BCUT2D eigenvalue weighted by atomic mass is 10.1. The average molecular weight is 367 g/mol. The van der Waals surface area contributed by atoms with E-state index >= 15 is 0 Å². The summed E-state index contributed by atoms with van der Waals surface area (Å²) in [5.41, 5.74) is 0.355. The number of hydrogen-bond acceptors (Lipinski definition) is 5. The highest BCUT2D eigenvalue weighted by Crippen LogP contribution is 2.36. The number of carbonyl (C=O) groups excluding carboxylic acids is 2. The van der Waals surface area contributed by atoms with Gasteiger partial charge in [-0.1, -0.05) is 11.6 Å². The molecule has 2 aromatic rings. The molecule has 0 aliphatic heterocycles. The number of methoxy groups -OCH3 is 2. The molecule has 0 fully saturated rings. The van der Waals surface area contributed by atoms with E-state index in [1.165, 1.54) is 45.4 Å². The highest BCUT2D eigenvalue weighted by Gasteiger charge is 2.22. The van der Waals surface area contributed by atoms with Gasteiger partial charge in [0.2, 0.25) is 5.78 Å². The van der Waals surface area contributed by atoms with E-state index in [4.69, 9.17) is 25.8 Å². The standard InChI is InChI=1S/C18H16ClFO5/c1-10(16(21)11-4-6-13(20)7-5-11)25-18(22)12-8-14(19)17(24-3)15(9-12)23-2/h4-10H,1-3H3/t10-/m0/s1. The fraction of sp³-hybridized carbons (Fsp3) is 0.222. The van der Waals surface area contributed by atoms with Crippen LogP contribution in [0.15, 0.2) is 36.4 Å². The monoisotopic (exact) mass is 366 g/mol. The maximum absolute atomic E-state index is 12.9. The van der Waals surface area contributed by atoms with Crippen LogP contribution in [0.3, 0.4) is 0 Å². The zero-order valence-electron chi connectivity index (χ0n) is 13.8. The van der Waals surface area contributed by atoms with Crippen molar-refractivity contribution in [1.29, 1.82) is 0 Å². The molecular formula is C18H16ClFO5. The molecule has 0 saturated heterocycles. The summed E-state index contributed by atoms with van der Waals surface area (Å²) in [6.07, 6.45) is -1.05. The highest BCUT2D eigenvalue weighted by molar-refractivity contribution is 6.32. The average Bonchev–Trinajstić information content (AvgIpc) is 2.60. The maximum Gasteiger partial charge on any atom is 0.339 e. The number of carbonyl (C=O) groups is 2. The summed E-state index contributed by atoms with van der Waals surface area (Å²) in [5.74, 6) is -1.09. The summed E-state index contributed by atoms with van der Waals surface area (Å²) in [7, 11) is 2.83. The molecule has 0 amide bonds. The van der Waals surface area contributed by atoms with Gasteiger partial charge in [-0.15, -0.1) is 0 Å². The summed E-state index contributed by atoms with van der Waals surface area (Å²) >= 11 is 6.05. The van der Waals surface area contributed by atoms with Crippen molar-refractivity contribution >= 4 is 23.4 Å². The third-order valence-corrected chi connectivity index (χ3v) is 3.73. The van der Waals surface area contributed by atoms with E-state index in [1.54, 1.807) is 0 Å². The number of halogens is 2. The molecule has 2 rings (SSSR count). The number of esters is 1. The molecule has 0 aliphatic carbocycles. The second-order valence-electron chi connectivity index (χ2n) is 5.11. The molecule has 25 heavy (non-hydrogen) atoms. The Morgan fingerprint density at radius 3 is 2.24 bits per heavy atom. The first-order valence-corrected chi connectivity index (χ1v) is 7.67. The lowest BCUT2D eigenvalue weighted by Crippen LogP contribution is -2.24. The van der Waals surface area contributed by atoms with Crippen molar-refractivity contribution in [2.24, 2.45) is 0 Å². The Balaban J connectivity index is 2.17. The largest absolute Gasteiger partial charge is 0.493 e. The van der Waals surface area contributed by atoms with Gasteiger partial charge in [0.1, 0.15) is 5.82 Å². The minimum atomic E-state index is -1.05. The molecule has 0 spiro atoms. The van der Waals surface area contributed by atoms with Gasteiger partial charge < -0.3 is 14.2 Å². The van der Waals surface area contributed by atoms with Crippen LogP contribution < -0.4 is 9.47 Å². The van der Waals surface area contributed by atoms with Crippen molar-refractivity contribution in [2.75, 3.05) is 14.2 Å². The summed E-state index contributed by atoms with van der Waals surface area (Å²) in [5, 5.41) is 0.173. The van der Waals surface area contributed by atoms with Crippen molar-refractivity contribution in [1.82, 2.24) is 0 Å². The third kappa shape index (κ3) is 4.28. The van der Waals surface area contributed by atoms with Crippen LogP contribution in [-0.2, 0) is 4.74 Å². The van der Waals surface area contributed by atoms with Gasteiger partial charge in [-0.05, 0) is 43.3 Å². The van der Waals surface area contributed by atoms with Gasteiger partial charge >= 0.3 is 5.97 Å². The van der Waals surface area contributed by atoms with Crippen LogP contribution in [0.25, 0.3) is 0 Å². The van der Waals surface area contributed by atoms with E-state index in [-0.39, 0.29) is 27.6 Å². The van der Waals surface area contributed by atoms with Crippen LogP contribution in [0.4, 0.5) is 4.39 Å². The first kappa shape index (κ1) is 18.7. The Morgan fingerprint density at radius 1 is 1.04 bits per heavy atom. The molecule has 5 nitrogen and oxygen atoms in total. The minimum absolute atomic E-state index is 0.112. The summed E-state index contributed by atoms with van der Waals surface area (Å²) in [6, 6.07) is 7.75. The molecule has 0 heterocycles. The molecule has 1 atom stereocenters. The molecule has 2 aromatic carbocycles. The Bertz CT molecular complexity index is 789. The molecule has 132 valence electrons. The summed E-state index contributed by atoms with van der Waals surface area (Å²) in [4.78, 5) is 24.5. The molecule has 0 saturated carbocycles. The first-order valence-electron chi connectivity index (χ1n) is 7.29. The molecule has 0 bridgehead atoms. The van der Waals surface area contributed by atoms with Crippen molar-refractivity contribution < 1.29 is 28.2 Å². The van der Waals surface area contributed by atoms with E-state index in [0.29, 0.717) is 0 Å². The van der Waals surface area contributed by atoms with Crippen molar-refractivity contribution in [2.45, 2.75) is 13.0 Å². The number of Topliss-reactive ketones (excluding diaryl/α,β-unsaturated/α-hetero) is 1. The lowest BCUT2D eigenvalue weighted by Gasteiger charge is -2.14. The second kappa shape index (κ2) is 7.98. The smallest absolute Gasteiger partial charge is 0.339 e. The third-order valence-electron chi connectivity index (χ3n) is 3.45. The second-order valence-corrected chi connectivity index (χ2v) is 5.52. The molecular weight excluding hydrogens is 351 g/mol.